The molecule has 2 fully saturated rings. The van der Waals surface area contributed by atoms with Gasteiger partial charge in [-0.3, -0.25) is 0 Å². The Labute approximate surface area is 508 Å². The summed E-state index contributed by atoms with van der Waals surface area (Å²) in [7, 11) is 1.57. The molecule has 89 heavy (non-hydrogen) atoms. The van der Waals surface area contributed by atoms with Crippen LogP contribution in [-0.4, -0.2) is 49.3 Å². The van der Waals surface area contributed by atoms with E-state index in [1.165, 1.54) is 0 Å². The Morgan fingerprint density at radius 1 is 0.303 bits per heavy atom. The minimum Gasteiger partial charge on any atom is -0.302 e. The van der Waals surface area contributed by atoms with Crippen LogP contribution in [0.5, 0.6) is 0 Å². The zero-order valence-corrected chi connectivity index (χ0v) is 49.5. The van der Waals surface area contributed by atoms with Crippen LogP contribution in [0.1, 0.15) is 106 Å². The number of nitrogens with zero attached hydrogens (tertiary/aromatic N) is 2. The van der Waals surface area contributed by atoms with Crippen LogP contribution in [0.4, 0.5) is 105 Å². The van der Waals surface area contributed by atoms with E-state index in [1.54, 1.807) is 98.7 Å². The molecule has 0 bridgehead atoms. The molecule has 29 heteroatoms. The van der Waals surface area contributed by atoms with Gasteiger partial charge in [0.1, 0.15) is 0 Å². The maximum Gasteiger partial charge on any atom is 0.416 e. The van der Waals surface area contributed by atoms with Crippen LogP contribution in [0.25, 0.3) is 0 Å². The van der Waals surface area contributed by atoms with E-state index < -0.39 is 166 Å². The van der Waals surface area contributed by atoms with Crippen molar-refractivity contribution in [2.75, 3.05) is 28.2 Å². The second kappa shape index (κ2) is 27.3. The van der Waals surface area contributed by atoms with Gasteiger partial charge in [-0.2, -0.15) is 105 Å². The van der Waals surface area contributed by atoms with E-state index in [-0.39, 0.29) is 54.2 Å². The Bertz CT molecular complexity index is 2830. The van der Waals surface area contributed by atoms with Crippen molar-refractivity contribution in [3.8, 4) is 0 Å². The smallest absolute Gasteiger partial charge is 0.302 e. The Morgan fingerprint density at radius 2 is 0.494 bits per heavy atom. The standard InChI is InChI=1S/2C30H26F12NP.Fe/c2*1-43(2)26(17-7-4-3-5-8-17)24-9-6-10-25(24)44(22-13-18(27(31,32)33)11-19(14-22)28(34,35)36)23-15-20(29(37,38)39)12-21(16-23)30(40,41)42;/h2*3-5,7-8,11-16,24-26H,6,9-10H2,1-2H3;/t2*24?,25?,26-;/m11./s1. The number of hydrogen-bond donors (Lipinski definition) is 0. The van der Waals surface area contributed by atoms with Gasteiger partial charge >= 0.3 is 49.4 Å². The van der Waals surface area contributed by atoms with Crippen molar-refractivity contribution in [2.24, 2.45) is 11.8 Å². The van der Waals surface area contributed by atoms with E-state index in [4.69, 9.17) is 0 Å². The molecule has 0 aliphatic heterocycles. The number of alkyl halides is 24. The molecule has 0 radical (unpaired) electrons. The second-order valence-corrected chi connectivity index (χ2v) is 26.6. The first-order valence-corrected chi connectivity index (χ1v) is 29.4. The Hall–Kier alpha value is -5.06. The summed E-state index contributed by atoms with van der Waals surface area (Å²) in [5.41, 5.74) is -13.8. The zero-order chi connectivity index (χ0) is 65.7. The first-order chi connectivity index (χ1) is 40.3. The van der Waals surface area contributed by atoms with Crippen molar-refractivity contribution in [3.05, 3.63) is 189 Å². The Morgan fingerprint density at radius 3 is 0.663 bits per heavy atom. The van der Waals surface area contributed by atoms with Gasteiger partial charge in [0.05, 0.1) is 44.5 Å². The molecular weight excluding hydrogens is 1320 g/mol. The van der Waals surface area contributed by atoms with Gasteiger partial charge in [-0.15, -0.1) is 0 Å². The molecule has 2 aliphatic rings. The van der Waals surface area contributed by atoms with Crippen LogP contribution in [0.15, 0.2) is 133 Å². The molecular formula is C60H52F24FeN2P2. The van der Waals surface area contributed by atoms with Crippen molar-refractivity contribution in [3.63, 3.8) is 0 Å². The van der Waals surface area contributed by atoms with Crippen LogP contribution < -0.4 is 21.2 Å². The molecule has 8 rings (SSSR count). The molecule has 2 saturated carbocycles. The van der Waals surface area contributed by atoms with Gasteiger partial charge in [0.25, 0.3) is 0 Å². The first kappa shape index (κ1) is 73.0. The van der Waals surface area contributed by atoms with Gasteiger partial charge in [-0.25, -0.2) is 0 Å². The fourth-order valence-electron chi connectivity index (χ4n) is 11.8. The molecule has 2 aliphatic carbocycles. The van der Waals surface area contributed by atoms with Gasteiger partial charge in [0.2, 0.25) is 0 Å². The zero-order valence-electron chi connectivity index (χ0n) is 46.6. The number of rotatable bonds is 12. The number of hydrogen-bond acceptors (Lipinski definition) is 2. The van der Waals surface area contributed by atoms with Crippen molar-refractivity contribution >= 4 is 37.1 Å². The topological polar surface area (TPSA) is 6.48 Å². The molecule has 488 valence electrons. The normalized spacial score (nSPS) is 19.0. The summed E-state index contributed by atoms with van der Waals surface area (Å²) in [4.78, 5) is 3.57. The summed E-state index contributed by atoms with van der Waals surface area (Å²) in [6.45, 7) is 0. The first-order valence-electron chi connectivity index (χ1n) is 26.5. The van der Waals surface area contributed by atoms with E-state index >= 15 is 0 Å². The maximum absolute atomic E-state index is 13.9. The van der Waals surface area contributed by atoms with Crippen LogP contribution in [0, 0.1) is 11.8 Å². The Kier molecular flexibility index (Phi) is 22.4. The molecule has 0 heterocycles. The average molecular weight is 1370 g/mol. The van der Waals surface area contributed by atoms with E-state index in [1.807, 2.05) is 0 Å². The predicted molar refractivity (Wildman–Crippen MR) is 286 cm³/mol. The van der Waals surface area contributed by atoms with Crippen LogP contribution in [0.2, 0.25) is 0 Å². The summed E-state index contributed by atoms with van der Waals surface area (Å²) in [6.07, 6.45) is -40.2. The third-order valence-corrected chi connectivity index (χ3v) is 21.2. The molecule has 0 saturated heterocycles. The van der Waals surface area contributed by atoms with Crippen LogP contribution >= 0.6 is 15.8 Å². The molecule has 6 aromatic carbocycles. The van der Waals surface area contributed by atoms with Gasteiger partial charge in [-0.05, 0) is 198 Å². The summed E-state index contributed by atoms with van der Waals surface area (Å²) in [5, 5.41) is -2.40. The third kappa shape index (κ3) is 17.8. The van der Waals surface area contributed by atoms with Crippen molar-refractivity contribution < 1.29 is 122 Å². The Balaban J connectivity index is 0.000000281. The summed E-state index contributed by atoms with van der Waals surface area (Å²) in [5.74, 6) is -1.04. The molecule has 0 spiro atoms. The summed E-state index contributed by atoms with van der Waals surface area (Å²) < 4.78 is 333. The van der Waals surface area contributed by atoms with E-state index in [0.717, 1.165) is 11.1 Å². The quantitative estimate of drug-likeness (QED) is 0.0684. The minimum absolute atomic E-state index is 0. The average Bonchev–Trinajstić information content (AvgIpc) is 1.84. The van der Waals surface area contributed by atoms with Gasteiger partial charge in [0.15, 0.2) is 0 Å². The second-order valence-electron chi connectivity index (χ2n) is 21.8. The van der Waals surface area contributed by atoms with Crippen LogP contribution in [0.3, 0.4) is 0 Å². The summed E-state index contributed by atoms with van der Waals surface area (Å²) in [6, 6.07) is 19.5. The molecule has 0 N–H and O–H groups in total. The van der Waals surface area contributed by atoms with Crippen LogP contribution in [-0.2, 0) is 66.5 Å². The fraction of sp³-hybridized carbons (Fsp3) is 0.400. The van der Waals surface area contributed by atoms with E-state index in [9.17, 15) is 105 Å². The van der Waals surface area contributed by atoms with Gasteiger partial charge < -0.3 is 9.80 Å². The molecule has 4 unspecified atom stereocenters. The predicted octanol–water partition coefficient (Wildman–Crippen LogP) is 19.3. The fourth-order valence-corrected chi connectivity index (χ4v) is 18.5. The summed E-state index contributed by atoms with van der Waals surface area (Å²) >= 11 is 0. The maximum atomic E-state index is 13.9. The monoisotopic (exact) mass is 1370 g/mol. The van der Waals surface area contributed by atoms with Gasteiger partial charge in [0, 0.05) is 29.2 Å². The van der Waals surface area contributed by atoms with E-state index in [0.29, 0.717) is 74.2 Å². The van der Waals surface area contributed by atoms with Crippen molar-refractivity contribution in [2.45, 2.75) is 111 Å². The van der Waals surface area contributed by atoms with E-state index in [2.05, 4.69) is 0 Å². The van der Waals surface area contributed by atoms with Gasteiger partial charge in [-0.1, -0.05) is 73.5 Å². The minimum atomic E-state index is -5.27. The molecule has 2 nitrogen and oxygen atoms in total. The SMILES string of the molecule is CN(C)[C@H](c1ccccc1)C1CCCC1P(c1cc(C(F)(F)F)cc(C(F)(F)F)c1)c1cc(C(F)(F)F)cc(C(F)(F)F)c1.CN(C)[C@H](c1ccccc1)C1CCCC1P(c1cc(C(F)(F)F)cc(C(F)(F)F)c1)c1cc(C(F)(F)F)cc(C(F)(F)F)c1.[Fe]. The van der Waals surface area contributed by atoms with Crippen molar-refractivity contribution in [1.82, 2.24) is 9.80 Å². The third-order valence-electron chi connectivity index (χ3n) is 15.3. The molecule has 6 atom stereocenters. The molecule has 6 aromatic rings. The molecule has 0 aromatic heterocycles. The number of halogens is 24. The largest absolute Gasteiger partial charge is 0.416 e. The molecule has 0 amide bonds. The van der Waals surface area contributed by atoms with Crippen molar-refractivity contribution in [1.29, 1.82) is 0 Å². The number of benzene rings is 6.